The lowest BCUT2D eigenvalue weighted by molar-refractivity contribution is 0.0931. The van der Waals surface area contributed by atoms with Crippen LogP contribution in [0.4, 0.5) is 0 Å². The molecule has 1 heterocycles. The van der Waals surface area contributed by atoms with Crippen molar-refractivity contribution in [2.24, 2.45) is 0 Å². The van der Waals surface area contributed by atoms with Gasteiger partial charge in [-0.2, -0.15) is 0 Å². The first-order valence-corrected chi connectivity index (χ1v) is 8.49. The maximum Gasteiger partial charge on any atom is 0.119 e. The summed E-state index contributed by atoms with van der Waals surface area (Å²) < 4.78 is 5.84. The van der Waals surface area contributed by atoms with Gasteiger partial charge in [0.15, 0.2) is 0 Å². The maximum absolute atomic E-state index is 5.84. The van der Waals surface area contributed by atoms with Crippen LogP contribution in [-0.2, 0) is 13.0 Å². The van der Waals surface area contributed by atoms with E-state index >= 15 is 0 Å². The predicted molar refractivity (Wildman–Crippen MR) is 94.8 cm³/mol. The Labute approximate surface area is 139 Å². The van der Waals surface area contributed by atoms with Crippen molar-refractivity contribution in [2.75, 3.05) is 26.7 Å². The third kappa shape index (κ3) is 4.57. The van der Waals surface area contributed by atoms with Gasteiger partial charge >= 0.3 is 0 Å². The Morgan fingerprint density at radius 2 is 1.83 bits per heavy atom. The lowest BCUT2D eigenvalue weighted by Gasteiger charge is -2.41. The van der Waals surface area contributed by atoms with Gasteiger partial charge in [-0.1, -0.05) is 42.5 Å². The van der Waals surface area contributed by atoms with E-state index < -0.39 is 0 Å². The number of likely N-dealkylation sites (N-methyl/N-ethyl adjacent to an activating group) is 1. The summed E-state index contributed by atoms with van der Waals surface area (Å²) in [6.45, 7) is 4.12. The summed E-state index contributed by atoms with van der Waals surface area (Å²) in [5, 5.41) is 3.27. The molecule has 122 valence electrons. The van der Waals surface area contributed by atoms with Crippen molar-refractivity contribution < 1.29 is 4.74 Å². The lowest BCUT2D eigenvalue weighted by atomic mass is 10.0. The van der Waals surface area contributed by atoms with Crippen LogP contribution in [0.15, 0.2) is 54.6 Å². The fourth-order valence-electron chi connectivity index (χ4n) is 3.02. The number of likely N-dealkylation sites (tertiary alicyclic amines) is 1. The summed E-state index contributed by atoms with van der Waals surface area (Å²) in [5.74, 6) is 0.939. The topological polar surface area (TPSA) is 24.5 Å². The van der Waals surface area contributed by atoms with Gasteiger partial charge in [-0.3, -0.25) is 4.90 Å². The fraction of sp³-hybridized carbons (Fsp3) is 0.400. The molecule has 1 aliphatic rings. The number of ether oxygens (including phenoxy) is 1. The summed E-state index contributed by atoms with van der Waals surface area (Å²) in [7, 11) is 2.03. The van der Waals surface area contributed by atoms with E-state index in [2.05, 4.69) is 46.6 Å². The fourth-order valence-corrected chi connectivity index (χ4v) is 3.02. The average molecular weight is 310 g/mol. The third-order valence-corrected chi connectivity index (χ3v) is 4.57. The van der Waals surface area contributed by atoms with Crippen molar-refractivity contribution in [2.45, 2.75) is 25.5 Å². The molecule has 0 aliphatic carbocycles. The zero-order valence-corrected chi connectivity index (χ0v) is 13.9. The van der Waals surface area contributed by atoms with Crippen LogP contribution in [0.5, 0.6) is 5.75 Å². The normalized spacial score (nSPS) is 17.7. The summed E-state index contributed by atoms with van der Waals surface area (Å²) in [6.07, 6.45) is 2.44. The minimum absolute atomic E-state index is 0.625. The number of hydrogen-bond acceptors (Lipinski definition) is 3. The quantitative estimate of drug-likeness (QED) is 0.811. The molecular weight excluding hydrogens is 284 g/mol. The Morgan fingerprint density at radius 1 is 1.04 bits per heavy atom. The van der Waals surface area contributed by atoms with Gasteiger partial charge in [0.05, 0.1) is 0 Å². The second-order valence-corrected chi connectivity index (χ2v) is 6.20. The molecule has 3 nitrogen and oxygen atoms in total. The van der Waals surface area contributed by atoms with Gasteiger partial charge in [-0.05, 0) is 43.1 Å². The van der Waals surface area contributed by atoms with E-state index in [0.29, 0.717) is 6.61 Å². The van der Waals surface area contributed by atoms with E-state index in [0.717, 1.165) is 31.3 Å². The molecular formula is C20H26N2O. The van der Waals surface area contributed by atoms with E-state index in [1.54, 1.807) is 0 Å². The van der Waals surface area contributed by atoms with Gasteiger partial charge in [0.25, 0.3) is 0 Å². The Morgan fingerprint density at radius 3 is 2.48 bits per heavy atom. The molecule has 1 atom stereocenters. The molecule has 3 rings (SSSR count). The van der Waals surface area contributed by atoms with Gasteiger partial charge in [-0.25, -0.2) is 0 Å². The minimum atomic E-state index is 0.625. The van der Waals surface area contributed by atoms with Gasteiger partial charge in [0.2, 0.25) is 0 Å². The highest BCUT2D eigenvalue weighted by molar-refractivity contribution is 5.28. The van der Waals surface area contributed by atoms with Crippen molar-refractivity contribution >= 4 is 0 Å². The van der Waals surface area contributed by atoms with Crippen molar-refractivity contribution in [3.05, 3.63) is 65.7 Å². The highest BCUT2D eigenvalue weighted by Gasteiger charge is 2.26. The van der Waals surface area contributed by atoms with Crippen molar-refractivity contribution in [1.82, 2.24) is 10.2 Å². The van der Waals surface area contributed by atoms with E-state index in [9.17, 15) is 0 Å². The third-order valence-electron chi connectivity index (χ3n) is 4.57. The zero-order valence-electron chi connectivity index (χ0n) is 13.9. The molecule has 1 N–H and O–H groups in total. The van der Waals surface area contributed by atoms with E-state index in [-0.39, 0.29) is 0 Å². The Hall–Kier alpha value is -1.84. The van der Waals surface area contributed by atoms with Crippen LogP contribution in [0.2, 0.25) is 0 Å². The Balaban J connectivity index is 1.44. The van der Waals surface area contributed by atoms with Gasteiger partial charge in [0.1, 0.15) is 12.4 Å². The largest absolute Gasteiger partial charge is 0.489 e. The molecule has 2 aromatic carbocycles. The molecule has 0 amide bonds. The van der Waals surface area contributed by atoms with Crippen LogP contribution in [0, 0.1) is 0 Å². The minimum Gasteiger partial charge on any atom is -0.489 e. The number of rotatable bonds is 8. The molecule has 1 fully saturated rings. The van der Waals surface area contributed by atoms with Crippen molar-refractivity contribution in [3.63, 3.8) is 0 Å². The van der Waals surface area contributed by atoms with E-state index in [1.165, 1.54) is 24.1 Å². The van der Waals surface area contributed by atoms with E-state index in [1.807, 2.05) is 25.2 Å². The Bertz CT molecular complexity index is 582. The van der Waals surface area contributed by atoms with Gasteiger partial charge in [-0.15, -0.1) is 0 Å². The molecule has 3 heteroatoms. The van der Waals surface area contributed by atoms with Crippen LogP contribution in [0.1, 0.15) is 17.5 Å². The zero-order chi connectivity index (χ0) is 15.9. The Kier molecular flexibility index (Phi) is 5.67. The van der Waals surface area contributed by atoms with Crippen molar-refractivity contribution in [3.8, 4) is 5.75 Å². The van der Waals surface area contributed by atoms with Crippen LogP contribution in [0.3, 0.4) is 0 Å². The molecule has 0 saturated carbocycles. The van der Waals surface area contributed by atoms with Crippen LogP contribution in [0.25, 0.3) is 0 Å². The molecule has 0 spiro atoms. The molecule has 1 aliphatic heterocycles. The molecule has 0 bridgehead atoms. The molecule has 1 unspecified atom stereocenters. The highest BCUT2D eigenvalue weighted by Crippen LogP contribution is 2.18. The van der Waals surface area contributed by atoms with Gasteiger partial charge < -0.3 is 10.1 Å². The number of benzene rings is 2. The average Bonchev–Trinajstić information content (AvgIpc) is 2.59. The first-order valence-electron chi connectivity index (χ1n) is 8.49. The first kappa shape index (κ1) is 16.0. The van der Waals surface area contributed by atoms with Crippen LogP contribution < -0.4 is 10.1 Å². The molecule has 23 heavy (non-hydrogen) atoms. The monoisotopic (exact) mass is 310 g/mol. The summed E-state index contributed by atoms with van der Waals surface area (Å²) in [4.78, 5) is 2.57. The first-order chi connectivity index (χ1) is 11.3. The molecule has 1 saturated heterocycles. The highest BCUT2D eigenvalue weighted by atomic mass is 16.5. The molecule has 2 aromatic rings. The van der Waals surface area contributed by atoms with Crippen molar-refractivity contribution in [1.29, 1.82) is 0 Å². The summed E-state index contributed by atoms with van der Waals surface area (Å²) in [6, 6.07) is 19.6. The van der Waals surface area contributed by atoms with Crippen LogP contribution in [-0.4, -0.2) is 37.6 Å². The molecule has 0 aromatic heterocycles. The summed E-state index contributed by atoms with van der Waals surface area (Å²) in [5.41, 5.74) is 2.58. The summed E-state index contributed by atoms with van der Waals surface area (Å²) >= 11 is 0. The molecule has 0 radical (unpaired) electrons. The standard InChI is InChI=1S/C20H26N2O/c1-21-15-19-12-14-22(19)13-11-17-7-9-20(10-8-17)23-16-18-5-3-2-4-6-18/h2-10,19,21H,11-16H2,1H3. The maximum atomic E-state index is 5.84. The van der Waals surface area contributed by atoms with E-state index in [4.69, 9.17) is 4.74 Å². The lowest BCUT2D eigenvalue weighted by Crippen LogP contribution is -2.52. The van der Waals surface area contributed by atoms with Gasteiger partial charge in [0, 0.05) is 25.7 Å². The second-order valence-electron chi connectivity index (χ2n) is 6.20. The van der Waals surface area contributed by atoms with Crippen LogP contribution >= 0.6 is 0 Å². The SMILES string of the molecule is CNCC1CCN1CCc1ccc(OCc2ccccc2)cc1. The number of hydrogen-bond donors (Lipinski definition) is 1. The second kappa shape index (κ2) is 8.14. The number of nitrogens with zero attached hydrogens (tertiary/aromatic N) is 1. The number of nitrogens with one attached hydrogen (secondary N) is 1. The smallest absolute Gasteiger partial charge is 0.119 e. The predicted octanol–water partition coefficient (Wildman–Crippen LogP) is 3.10.